The minimum Gasteiger partial charge on any atom is -0.456 e. The van der Waals surface area contributed by atoms with Gasteiger partial charge in [0.05, 0.1) is 66.2 Å². The highest BCUT2D eigenvalue weighted by atomic mass is 16.3. The van der Waals surface area contributed by atoms with Crippen LogP contribution in [0, 0.1) is 0 Å². The van der Waals surface area contributed by atoms with Crippen molar-refractivity contribution in [2.75, 3.05) is 0 Å². The van der Waals surface area contributed by atoms with Gasteiger partial charge in [0.1, 0.15) is 33.5 Å². The summed E-state index contributed by atoms with van der Waals surface area (Å²) in [5.74, 6) is 0. The molecule has 30 aromatic rings. The van der Waals surface area contributed by atoms with Gasteiger partial charge in [-0.2, -0.15) is 0 Å². The number of fused-ring (bicyclic) bond motifs is 30. The molecule has 0 bridgehead atoms. The van der Waals surface area contributed by atoms with E-state index in [1.54, 1.807) is 0 Å². The van der Waals surface area contributed by atoms with E-state index in [2.05, 4.69) is 464 Å². The zero-order chi connectivity index (χ0) is 88.5. The maximum Gasteiger partial charge on any atom is 0.143 e. The number of rotatable bonds is 9. The quantitative estimate of drug-likeness (QED) is 0.145. The molecule has 21 aromatic carbocycles. The van der Waals surface area contributed by atoms with E-state index >= 15 is 0 Å². The van der Waals surface area contributed by atoms with Crippen LogP contribution in [0.25, 0.3) is 264 Å². The number of furan rings is 3. The van der Waals surface area contributed by atoms with Gasteiger partial charge in [0.2, 0.25) is 0 Å². The van der Waals surface area contributed by atoms with Gasteiger partial charge in [0.15, 0.2) is 0 Å². The van der Waals surface area contributed by atoms with Gasteiger partial charge in [-0.25, -0.2) is 0 Å². The number of para-hydroxylation sites is 13. The van der Waals surface area contributed by atoms with Crippen LogP contribution < -0.4 is 0 Å². The molecule has 0 aliphatic carbocycles. The van der Waals surface area contributed by atoms with Crippen LogP contribution in [0.1, 0.15) is 0 Å². The monoisotopic (exact) mass is 1720 g/mol. The average molecular weight is 1720 g/mol. The predicted octanol–water partition coefficient (Wildman–Crippen LogP) is 34.3. The third-order valence-electron chi connectivity index (χ3n) is 27.9. The molecule has 630 valence electrons. The molecule has 0 atom stereocenters. The summed E-state index contributed by atoms with van der Waals surface area (Å²) in [4.78, 5) is 0. The van der Waals surface area contributed by atoms with Gasteiger partial charge < -0.3 is 40.7 Å². The summed E-state index contributed by atoms with van der Waals surface area (Å²) in [7, 11) is 0. The van der Waals surface area contributed by atoms with Crippen LogP contribution in [0.4, 0.5) is 0 Å². The zero-order valence-electron chi connectivity index (χ0n) is 72.9. The van der Waals surface area contributed by atoms with Gasteiger partial charge in [-0.05, 0) is 198 Å². The van der Waals surface area contributed by atoms with E-state index in [9.17, 15) is 0 Å². The topological polar surface area (TPSA) is 69.0 Å². The van der Waals surface area contributed by atoms with Crippen LogP contribution in [0.2, 0.25) is 0 Å². The van der Waals surface area contributed by atoms with E-state index in [1.807, 2.05) is 36.4 Å². The molecule has 0 amide bonds. The van der Waals surface area contributed by atoms with Crippen molar-refractivity contribution in [2.24, 2.45) is 0 Å². The third-order valence-corrected chi connectivity index (χ3v) is 27.9. The lowest BCUT2D eigenvalue weighted by Gasteiger charge is -2.11. The number of hydrogen-bond donors (Lipinski definition) is 0. The molecule has 9 nitrogen and oxygen atoms in total. The minimum atomic E-state index is 0.913. The molecular formula is C126H78N6O3. The van der Waals surface area contributed by atoms with Crippen LogP contribution in [-0.2, 0) is 0 Å². The van der Waals surface area contributed by atoms with E-state index in [-0.39, 0.29) is 0 Å². The summed E-state index contributed by atoms with van der Waals surface area (Å²) in [6.07, 6.45) is 0. The molecule has 9 aromatic heterocycles. The van der Waals surface area contributed by atoms with Gasteiger partial charge in [0.25, 0.3) is 0 Å². The smallest absolute Gasteiger partial charge is 0.143 e. The lowest BCUT2D eigenvalue weighted by molar-refractivity contribution is 0.668. The Bertz CT molecular complexity index is 10100. The Labute approximate surface area is 772 Å². The van der Waals surface area contributed by atoms with Gasteiger partial charge >= 0.3 is 0 Å². The Hall–Kier alpha value is -18.2. The zero-order valence-corrected chi connectivity index (χ0v) is 72.9. The first kappa shape index (κ1) is 75.8. The van der Waals surface area contributed by atoms with Crippen molar-refractivity contribution in [3.8, 4) is 67.5 Å². The molecule has 0 aliphatic rings. The fourth-order valence-electron chi connectivity index (χ4n) is 22.1. The molecule has 0 spiro atoms. The summed E-state index contributed by atoms with van der Waals surface area (Å²) < 4.78 is 33.2. The fraction of sp³-hybridized carbons (Fsp3) is 0. The van der Waals surface area contributed by atoms with Crippen LogP contribution in [-0.4, -0.2) is 27.4 Å². The van der Waals surface area contributed by atoms with Crippen molar-refractivity contribution >= 4 is 197 Å². The van der Waals surface area contributed by atoms with E-state index in [0.29, 0.717) is 0 Å². The van der Waals surface area contributed by atoms with Crippen LogP contribution >= 0.6 is 0 Å². The van der Waals surface area contributed by atoms with Gasteiger partial charge in [-0.3, -0.25) is 0 Å². The van der Waals surface area contributed by atoms with Gasteiger partial charge in [-0.1, -0.05) is 303 Å². The Kier molecular flexibility index (Phi) is 17.0. The van der Waals surface area contributed by atoms with Crippen molar-refractivity contribution in [3.05, 3.63) is 473 Å². The molecule has 0 saturated heterocycles. The lowest BCUT2D eigenvalue weighted by atomic mass is 10.0. The summed E-state index contributed by atoms with van der Waals surface area (Å²) >= 11 is 0. The molecule has 9 heteroatoms. The van der Waals surface area contributed by atoms with Crippen molar-refractivity contribution in [1.82, 2.24) is 27.4 Å². The van der Waals surface area contributed by atoms with Crippen molar-refractivity contribution < 1.29 is 13.3 Å². The standard InChI is InChI=1S/3C42H26N2O/c1-2-13-28(14-3-1)44-36-21-7-4-16-31(36)33-24-25-38-40(41(33)44)35-18-5-8-22-37(35)43(38)29-15-10-12-27(26-29)30-19-11-20-34-32-17-6-9-23-39(32)45-42(30)34;1-2-12-29(13-3-1)44-36-18-7-4-15-31(36)33-22-23-38-41(42(33)44)34-17-5-8-19-37(34)43(38)30-14-10-11-27(25-30)28-21-24-40-35(26-28)32-16-6-9-20-39(32)45-40;1-2-10-29(11-3-1)44-36-15-7-4-12-31(36)33-23-24-38-41(42(33)44)34-14-5-8-16-37(34)43(38)30-21-18-27(19-22-30)28-20-25-40-35(26-28)32-13-6-9-17-39(32)45-40/h3*1-26H. The first-order valence-electron chi connectivity index (χ1n) is 46.1. The highest BCUT2D eigenvalue weighted by molar-refractivity contribution is 6.30. The highest BCUT2D eigenvalue weighted by Crippen LogP contribution is 2.49. The second-order valence-electron chi connectivity index (χ2n) is 35.2. The van der Waals surface area contributed by atoms with Gasteiger partial charge in [0, 0.05) is 137 Å². The van der Waals surface area contributed by atoms with Crippen molar-refractivity contribution in [1.29, 1.82) is 0 Å². The number of benzene rings is 21. The molecule has 9 heterocycles. The molecule has 0 fully saturated rings. The van der Waals surface area contributed by atoms with E-state index in [1.165, 1.54) is 159 Å². The fourth-order valence-corrected chi connectivity index (χ4v) is 22.1. The summed E-state index contributed by atoms with van der Waals surface area (Å²) in [5, 5.41) is 22.0. The lowest BCUT2D eigenvalue weighted by Crippen LogP contribution is -1.95. The average Bonchev–Trinajstić information content (AvgIpc) is 1.55. The molecule has 0 aliphatic heterocycles. The minimum absolute atomic E-state index is 0.913. The van der Waals surface area contributed by atoms with Crippen molar-refractivity contribution in [2.45, 2.75) is 0 Å². The Morgan fingerprint density at radius 3 is 0.837 bits per heavy atom. The normalized spacial score (nSPS) is 12.0. The van der Waals surface area contributed by atoms with Gasteiger partial charge in [-0.15, -0.1) is 0 Å². The first-order valence-corrected chi connectivity index (χ1v) is 46.1. The van der Waals surface area contributed by atoms with Crippen LogP contribution in [0.5, 0.6) is 0 Å². The number of aromatic nitrogens is 6. The number of hydrogen-bond acceptors (Lipinski definition) is 3. The molecule has 0 unspecified atom stereocenters. The third kappa shape index (κ3) is 11.7. The molecule has 0 radical (unpaired) electrons. The predicted molar refractivity (Wildman–Crippen MR) is 564 cm³/mol. The SMILES string of the molecule is c1ccc(-n2c3ccccc3c3ccc4c(c5ccccc5n4-c4ccc(-c5ccc6oc7ccccc7c6c5)cc4)c32)cc1.c1ccc(-n2c3ccccc3c3ccc4c(c5ccccc5n4-c4cccc(-c5ccc6oc7ccccc7c6c5)c4)c32)cc1.c1ccc(-n2c3ccccc3c3ccc4c(c5ccccc5n4-c4cccc(-c5cccc6c5oc5ccccc56)c4)c32)cc1. The second-order valence-corrected chi connectivity index (χ2v) is 35.2. The molecule has 135 heavy (non-hydrogen) atoms. The molecule has 30 rings (SSSR count). The first-order chi connectivity index (χ1) is 67.0. The summed E-state index contributed by atoms with van der Waals surface area (Å²) in [6, 6.07) is 170. The molecule has 0 N–H and O–H groups in total. The second kappa shape index (κ2) is 30.2. The Morgan fingerprint density at radius 2 is 0.415 bits per heavy atom. The summed E-state index contributed by atoms with van der Waals surface area (Å²) in [5.41, 5.74) is 33.8. The molecular weight excluding hydrogens is 1650 g/mol. The molecule has 0 saturated carbocycles. The van der Waals surface area contributed by atoms with Crippen molar-refractivity contribution in [3.63, 3.8) is 0 Å². The summed E-state index contributed by atoms with van der Waals surface area (Å²) in [6.45, 7) is 0. The maximum atomic E-state index is 6.43. The van der Waals surface area contributed by atoms with E-state index < -0.39 is 0 Å². The van der Waals surface area contributed by atoms with Crippen LogP contribution in [0.15, 0.2) is 486 Å². The Morgan fingerprint density at radius 1 is 0.133 bits per heavy atom. The largest absolute Gasteiger partial charge is 0.456 e. The Balaban J connectivity index is 0.000000101. The van der Waals surface area contributed by atoms with Crippen LogP contribution in [0.3, 0.4) is 0 Å². The van der Waals surface area contributed by atoms with E-state index in [4.69, 9.17) is 13.3 Å². The highest BCUT2D eigenvalue weighted by Gasteiger charge is 2.27. The van der Waals surface area contributed by atoms with E-state index in [0.717, 1.165) is 105 Å². The maximum absolute atomic E-state index is 6.43. The number of nitrogens with zero attached hydrogens (tertiary/aromatic N) is 6.